The zero-order valence-corrected chi connectivity index (χ0v) is 15.4. The lowest BCUT2D eigenvalue weighted by atomic mass is 9.44. The molecule has 4 saturated carbocycles. The van der Waals surface area contributed by atoms with E-state index in [4.69, 9.17) is 0 Å². The highest BCUT2D eigenvalue weighted by Crippen LogP contribution is 2.66. The summed E-state index contributed by atoms with van der Waals surface area (Å²) >= 11 is 0. The van der Waals surface area contributed by atoms with Gasteiger partial charge in [-0.15, -0.1) is 0 Å². The van der Waals surface area contributed by atoms with E-state index < -0.39 is 6.10 Å². The van der Waals surface area contributed by atoms with Crippen LogP contribution in [-0.2, 0) is 9.59 Å². The summed E-state index contributed by atoms with van der Waals surface area (Å²) in [6.07, 6.45) is 6.82. The molecule has 0 spiro atoms. The van der Waals surface area contributed by atoms with E-state index in [-0.39, 0.29) is 22.5 Å². The molecule has 1 unspecified atom stereocenters. The molecular formula is C21H32O3. The number of carbonyl (C=O) groups is 2. The molecule has 1 N–H and O–H groups in total. The standard InChI is InChI=1S/C21H32O3/c1-4-14-17(22)10-16-13-6-5-12-9-18(23)19(24)11-21(12,3)15(13)7-8-20(14,16)2/h12-16,19,24H,4-11H2,1-3H3/t12?,13-,14+,15+,16+,19-,20-,21+/m1/s1. The molecule has 4 aliphatic carbocycles. The molecule has 0 heterocycles. The van der Waals surface area contributed by atoms with Crippen LogP contribution in [0.1, 0.15) is 72.1 Å². The van der Waals surface area contributed by atoms with Crippen molar-refractivity contribution in [3.8, 4) is 0 Å². The predicted octanol–water partition coefficient (Wildman–Crippen LogP) is 3.77. The minimum absolute atomic E-state index is 0.0543. The monoisotopic (exact) mass is 332 g/mol. The largest absolute Gasteiger partial charge is 0.385 e. The third-order valence-corrected chi connectivity index (χ3v) is 8.97. The summed E-state index contributed by atoms with van der Waals surface area (Å²) in [7, 11) is 0. The van der Waals surface area contributed by atoms with Crippen LogP contribution in [0.4, 0.5) is 0 Å². The van der Waals surface area contributed by atoms with Gasteiger partial charge in [0.1, 0.15) is 11.9 Å². The average molecular weight is 332 g/mol. The number of carbonyl (C=O) groups excluding carboxylic acids is 2. The second kappa shape index (κ2) is 5.40. The van der Waals surface area contributed by atoms with Crippen LogP contribution in [0, 0.1) is 40.4 Å². The highest BCUT2D eigenvalue weighted by Gasteiger charge is 2.62. The molecule has 0 radical (unpaired) electrons. The number of Topliss-reactive ketones (excluding diaryl/α,β-unsaturated/α-hetero) is 2. The van der Waals surface area contributed by atoms with E-state index in [1.807, 2.05) is 0 Å². The maximum absolute atomic E-state index is 12.6. The lowest BCUT2D eigenvalue weighted by molar-refractivity contribution is -0.155. The molecule has 4 fully saturated rings. The molecule has 3 heteroatoms. The van der Waals surface area contributed by atoms with Gasteiger partial charge >= 0.3 is 0 Å². The second-order valence-electron chi connectivity index (χ2n) is 9.72. The lowest BCUT2D eigenvalue weighted by Crippen LogP contribution is -2.55. The third kappa shape index (κ3) is 2.06. The zero-order chi connectivity index (χ0) is 17.3. The van der Waals surface area contributed by atoms with Crippen molar-refractivity contribution >= 4 is 11.6 Å². The van der Waals surface area contributed by atoms with Crippen molar-refractivity contribution < 1.29 is 14.7 Å². The highest BCUT2D eigenvalue weighted by atomic mass is 16.3. The molecule has 0 aromatic heterocycles. The molecule has 134 valence electrons. The topological polar surface area (TPSA) is 54.4 Å². The summed E-state index contributed by atoms with van der Waals surface area (Å²) in [5.41, 5.74) is 0.282. The number of hydrogen-bond donors (Lipinski definition) is 1. The third-order valence-electron chi connectivity index (χ3n) is 8.97. The van der Waals surface area contributed by atoms with Gasteiger partial charge in [0.05, 0.1) is 0 Å². The minimum Gasteiger partial charge on any atom is -0.385 e. The van der Waals surface area contributed by atoms with Crippen molar-refractivity contribution in [2.45, 2.75) is 78.2 Å². The Morgan fingerprint density at radius 1 is 1.00 bits per heavy atom. The number of fused-ring (bicyclic) bond motifs is 5. The summed E-state index contributed by atoms with van der Waals surface area (Å²) in [4.78, 5) is 24.6. The number of ketones is 2. The van der Waals surface area contributed by atoms with Crippen LogP contribution in [0.3, 0.4) is 0 Å². The fourth-order valence-corrected chi connectivity index (χ4v) is 7.68. The fraction of sp³-hybridized carbons (Fsp3) is 0.905. The molecule has 0 aromatic carbocycles. The van der Waals surface area contributed by atoms with Gasteiger partial charge in [-0.2, -0.15) is 0 Å². The van der Waals surface area contributed by atoms with Crippen molar-refractivity contribution in [2.24, 2.45) is 40.4 Å². The first-order chi connectivity index (χ1) is 11.3. The van der Waals surface area contributed by atoms with Gasteiger partial charge < -0.3 is 5.11 Å². The smallest absolute Gasteiger partial charge is 0.161 e. The normalized spacial score (nSPS) is 54.2. The highest BCUT2D eigenvalue weighted by molar-refractivity contribution is 5.85. The molecule has 3 nitrogen and oxygen atoms in total. The van der Waals surface area contributed by atoms with Crippen molar-refractivity contribution in [2.75, 3.05) is 0 Å². The average Bonchev–Trinajstić information content (AvgIpc) is 2.78. The van der Waals surface area contributed by atoms with Gasteiger partial charge in [-0.1, -0.05) is 20.8 Å². The van der Waals surface area contributed by atoms with Gasteiger partial charge in [0.15, 0.2) is 5.78 Å². The lowest BCUT2D eigenvalue weighted by Gasteiger charge is -2.60. The van der Waals surface area contributed by atoms with E-state index in [0.29, 0.717) is 42.3 Å². The Kier molecular flexibility index (Phi) is 3.77. The zero-order valence-electron chi connectivity index (χ0n) is 15.4. The molecule has 0 bridgehead atoms. The second-order valence-corrected chi connectivity index (χ2v) is 9.72. The first-order valence-electron chi connectivity index (χ1n) is 10.0. The van der Waals surface area contributed by atoms with Crippen LogP contribution >= 0.6 is 0 Å². The Bertz CT molecular complexity index is 569. The number of aliphatic hydroxyl groups is 1. The molecule has 0 aromatic rings. The molecule has 4 aliphatic rings. The van der Waals surface area contributed by atoms with Gasteiger partial charge in [-0.3, -0.25) is 9.59 Å². The summed E-state index contributed by atoms with van der Waals surface area (Å²) in [6, 6.07) is 0. The van der Waals surface area contributed by atoms with Gasteiger partial charge in [0.2, 0.25) is 0 Å². The van der Waals surface area contributed by atoms with E-state index in [1.54, 1.807) is 0 Å². The Hall–Kier alpha value is -0.700. The molecule has 24 heavy (non-hydrogen) atoms. The Morgan fingerprint density at radius 3 is 2.46 bits per heavy atom. The first kappa shape index (κ1) is 16.8. The van der Waals surface area contributed by atoms with Gasteiger partial charge in [0, 0.05) is 18.8 Å². The molecule has 0 saturated heterocycles. The number of rotatable bonds is 1. The quantitative estimate of drug-likeness (QED) is 0.795. The van der Waals surface area contributed by atoms with Crippen molar-refractivity contribution in [3.05, 3.63) is 0 Å². The summed E-state index contributed by atoms with van der Waals surface area (Å²) < 4.78 is 0. The Labute approximate surface area is 145 Å². The first-order valence-corrected chi connectivity index (χ1v) is 10.0. The van der Waals surface area contributed by atoms with E-state index in [9.17, 15) is 14.7 Å². The Morgan fingerprint density at radius 2 is 1.75 bits per heavy atom. The van der Waals surface area contributed by atoms with Crippen LogP contribution in [0.15, 0.2) is 0 Å². The Balaban J connectivity index is 1.65. The molecule has 0 amide bonds. The van der Waals surface area contributed by atoms with Gasteiger partial charge in [0.25, 0.3) is 0 Å². The van der Waals surface area contributed by atoms with Gasteiger partial charge in [-0.25, -0.2) is 0 Å². The maximum atomic E-state index is 12.6. The van der Waals surface area contributed by atoms with Crippen molar-refractivity contribution in [3.63, 3.8) is 0 Å². The van der Waals surface area contributed by atoms with E-state index >= 15 is 0 Å². The predicted molar refractivity (Wildman–Crippen MR) is 92.3 cm³/mol. The van der Waals surface area contributed by atoms with Crippen LogP contribution < -0.4 is 0 Å². The summed E-state index contributed by atoms with van der Waals surface area (Å²) in [5, 5.41) is 10.2. The van der Waals surface area contributed by atoms with E-state index in [0.717, 1.165) is 25.7 Å². The van der Waals surface area contributed by atoms with Crippen LogP contribution in [0.5, 0.6) is 0 Å². The minimum atomic E-state index is -0.757. The van der Waals surface area contributed by atoms with E-state index in [1.165, 1.54) is 12.8 Å². The molecule has 0 aliphatic heterocycles. The SMILES string of the molecule is CC[C@H]1C(=O)C[C@H]2[C@@H]3CCC4CC(=O)[C@H](O)C[C@]4(C)[C@H]3CC[C@]12C. The van der Waals surface area contributed by atoms with Gasteiger partial charge in [-0.05, 0) is 73.0 Å². The van der Waals surface area contributed by atoms with Crippen molar-refractivity contribution in [1.29, 1.82) is 0 Å². The van der Waals surface area contributed by atoms with Crippen LogP contribution in [-0.4, -0.2) is 22.8 Å². The number of aliphatic hydroxyl groups excluding tert-OH is 1. The van der Waals surface area contributed by atoms with Crippen LogP contribution in [0.25, 0.3) is 0 Å². The molecular weight excluding hydrogens is 300 g/mol. The van der Waals surface area contributed by atoms with E-state index in [2.05, 4.69) is 20.8 Å². The number of hydrogen-bond acceptors (Lipinski definition) is 3. The summed E-state index contributed by atoms with van der Waals surface area (Å²) in [6.45, 7) is 6.88. The summed E-state index contributed by atoms with van der Waals surface area (Å²) in [5.74, 6) is 2.98. The molecule has 8 atom stereocenters. The molecule has 4 rings (SSSR count). The maximum Gasteiger partial charge on any atom is 0.161 e. The van der Waals surface area contributed by atoms with Crippen LogP contribution in [0.2, 0.25) is 0 Å². The van der Waals surface area contributed by atoms with Crippen molar-refractivity contribution in [1.82, 2.24) is 0 Å². The fourth-order valence-electron chi connectivity index (χ4n) is 7.68.